The lowest BCUT2D eigenvalue weighted by Crippen LogP contribution is -2.51. The zero-order chi connectivity index (χ0) is 23.4. The summed E-state index contributed by atoms with van der Waals surface area (Å²) in [5.41, 5.74) is 0.390. The number of nitriles is 1. The number of carbonyl (C=O) groups excluding carboxylic acids is 1. The van der Waals surface area contributed by atoms with E-state index in [-0.39, 0.29) is 5.91 Å². The highest BCUT2D eigenvalue weighted by atomic mass is 16.5. The molecular weight excluding hydrogens is 426 g/mol. The summed E-state index contributed by atoms with van der Waals surface area (Å²) in [6.45, 7) is 8.07. The van der Waals surface area contributed by atoms with Crippen molar-refractivity contribution in [3.63, 3.8) is 0 Å². The summed E-state index contributed by atoms with van der Waals surface area (Å²) in [4.78, 5) is 24.6. The van der Waals surface area contributed by atoms with Crippen LogP contribution in [0.1, 0.15) is 50.5 Å². The molecule has 0 bridgehead atoms. The molecule has 1 aliphatic carbocycles. The summed E-state index contributed by atoms with van der Waals surface area (Å²) in [6, 6.07) is 7.16. The lowest BCUT2D eigenvalue weighted by molar-refractivity contribution is -0.143. The van der Waals surface area contributed by atoms with Gasteiger partial charge in [0.1, 0.15) is 5.41 Å². The van der Waals surface area contributed by atoms with Gasteiger partial charge in [-0.25, -0.2) is 0 Å². The molecule has 184 valence electrons. The van der Waals surface area contributed by atoms with Gasteiger partial charge in [0.25, 0.3) is 0 Å². The van der Waals surface area contributed by atoms with Gasteiger partial charge in [-0.3, -0.25) is 19.6 Å². The number of ether oxygens (including phenoxy) is 1. The maximum Gasteiger partial charge on any atom is 0.243 e. The first-order valence-corrected chi connectivity index (χ1v) is 13.3. The third-order valence-corrected chi connectivity index (χ3v) is 8.66. The Balaban J connectivity index is 1.08. The van der Waals surface area contributed by atoms with Crippen molar-refractivity contribution in [1.82, 2.24) is 19.7 Å². The van der Waals surface area contributed by atoms with E-state index in [1.807, 2.05) is 29.4 Å². The number of hydrogen-bond acceptors (Lipinski definition) is 6. The number of pyridine rings is 1. The number of rotatable bonds is 7. The van der Waals surface area contributed by atoms with Crippen LogP contribution in [0, 0.1) is 28.6 Å². The van der Waals surface area contributed by atoms with Gasteiger partial charge in [-0.1, -0.05) is 0 Å². The Bertz CT molecular complexity index is 852. The number of hydrogen-bond donors (Lipinski definition) is 0. The third kappa shape index (κ3) is 5.45. The molecule has 7 heteroatoms. The Morgan fingerprint density at radius 3 is 2.50 bits per heavy atom. The minimum absolute atomic E-state index is 0.0824. The second-order valence-corrected chi connectivity index (χ2v) is 10.9. The van der Waals surface area contributed by atoms with Gasteiger partial charge in [-0.2, -0.15) is 5.26 Å². The topological polar surface area (TPSA) is 72.7 Å². The zero-order valence-electron chi connectivity index (χ0n) is 20.4. The molecule has 0 aromatic carbocycles. The summed E-state index contributed by atoms with van der Waals surface area (Å²) >= 11 is 0. The van der Waals surface area contributed by atoms with Crippen molar-refractivity contribution < 1.29 is 9.53 Å². The fourth-order valence-electron chi connectivity index (χ4n) is 6.14. The molecule has 1 aromatic heterocycles. The molecule has 0 N–H and O–H groups in total. The molecule has 4 heterocycles. The van der Waals surface area contributed by atoms with Crippen LogP contribution in [-0.2, 0) is 16.1 Å². The predicted octanol–water partition coefficient (Wildman–Crippen LogP) is 2.93. The minimum atomic E-state index is -0.840. The second kappa shape index (κ2) is 10.7. The Hall–Kier alpha value is -2.01. The van der Waals surface area contributed by atoms with Gasteiger partial charge in [0.05, 0.1) is 19.3 Å². The number of morpholine rings is 1. The van der Waals surface area contributed by atoms with Crippen molar-refractivity contribution in [2.45, 2.75) is 57.5 Å². The first kappa shape index (κ1) is 23.7. The predicted molar refractivity (Wildman–Crippen MR) is 130 cm³/mol. The monoisotopic (exact) mass is 465 g/mol. The third-order valence-electron chi connectivity index (χ3n) is 8.66. The van der Waals surface area contributed by atoms with Crippen LogP contribution in [-0.4, -0.2) is 84.1 Å². The van der Waals surface area contributed by atoms with E-state index in [2.05, 4.69) is 20.9 Å². The molecule has 4 fully saturated rings. The molecule has 0 radical (unpaired) electrons. The number of carbonyl (C=O) groups is 1. The van der Waals surface area contributed by atoms with Gasteiger partial charge in [-0.15, -0.1) is 0 Å². The van der Waals surface area contributed by atoms with Crippen LogP contribution in [0.4, 0.5) is 0 Å². The van der Waals surface area contributed by atoms with Crippen molar-refractivity contribution in [3.05, 3.63) is 30.1 Å². The number of aromatic nitrogens is 1. The highest BCUT2D eigenvalue weighted by Crippen LogP contribution is 2.38. The Morgan fingerprint density at radius 1 is 1.09 bits per heavy atom. The van der Waals surface area contributed by atoms with Gasteiger partial charge < -0.3 is 9.64 Å². The molecule has 3 aliphatic heterocycles. The zero-order valence-corrected chi connectivity index (χ0v) is 20.4. The Kier molecular flexibility index (Phi) is 7.48. The van der Waals surface area contributed by atoms with Gasteiger partial charge in [0, 0.05) is 57.7 Å². The lowest BCUT2D eigenvalue weighted by Gasteiger charge is -2.41. The van der Waals surface area contributed by atoms with Crippen molar-refractivity contribution >= 4 is 5.91 Å². The largest absolute Gasteiger partial charge is 0.378 e. The molecule has 1 saturated carbocycles. The Labute approximate surface area is 204 Å². The highest BCUT2D eigenvalue weighted by molar-refractivity contribution is 5.85. The first-order chi connectivity index (χ1) is 16.7. The molecule has 3 saturated heterocycles. The van der Waals surface area contributed by atoms with E-state index in [0.717, 1.165) is 71.2 Å². The number of amides is 1. The second-order valence-electron chi connectivity index (χ2n) is 10.9. The maximum atomic E-state index is 13.5. The summed E-state index contributed by atoms with van der Waals surface area (Å²) in [5, 5.41) is 10.0. The van der Waals surface area contributed by atoms with Crippen molar-refractivity contribution in [2.24, 2.45) is 17.3 Å². The molecule has 1 atom stereocenters. The van der Waals surface area contributed by atoms with Crippen molar-refractivity contribution in [1.29, 1.82) is 5.26 Å². The van der Waals surface area contributed by atoms with Crippen LogP contribution in [0.3, 0.4) is 0 Å². The van der Waals surface area contributed by atoms with E-state index >= 15 is 0 Å². The summed E-state index contributed by atoms with van der Waals surface area (Å²) in [5.74, 6) is 1.63. The van der Waals surface area contributed by atoms with Crippen LogP contribution in [0.2, 0.25) is 0 Å². The molecule has 1 unspecified atom stereocenters. The molecule has 4 aliphatic rings. The summed E-state index contributed by atoms with van der Waals surface area (Å²) < 4.78 is 5.74. The average Bonchev–Trinajstić information content (AvgIpc) is 3.74. The maximum absolute atomic E-state index is 13.5. The van der Waals surface area contributed by atoms with E-state index in [0.29, 0.717) is 24.8 Å². The standard InChI is InChI=1S/C27H39N5O2/c28-21-27(8-15-30(16-9-27)19-23-3-10-29-11-4-23)26(33)32-13-6-22(7-14-32)5-12-31-17-18-34-20-25(31)24-1-2-24/h3-4,10-11,22,24-25H,1-2,5-9,12-20H2. The van der Waals surface area contributed by atoms with E-state index < -0.39 is 5.41 Å². The summed E-state index contributed by atoms with van der Waals surface area (Å²) in [6.07, 6.45) is 11.0. The van der Waals surface area contributed by atoms with Gasteiger partial charge in [0.15, 0.2) is 0 Å². The lowest BCUT2D eigenvalue weighted by atomic mass is 9.77. The van der Waals surface area contributed by atoms with Crippen molar-refractivity contribution in [3.8, 4) is 6.07 Å². The Morgan fingerprint density at radius 2 is 1.82 bits per heavy atom. The van der Waals surface area contributed by atoms with Crippen LogP contribution < -0.4 is 0 Å². The molecule has 34 heavy (non-hydrogen) atoms. The normalized spacial score (nSPS) is 26.8. The van der Waals surface area contributed by atoms with Crippen molar-refractivity contribution in [2.75, 3.05) is 52.5 Å². The molecule has 5 rings (SSSR count). The van der Waals surface area contributed by atoms with E-state index in [1.165, 1.54) is 31.4 Å². The fraction of sp³-hybridized carbons (Fsp3) is 0.741. The smallest absolute Gasteiger partial charge is 0.243 e. The van der Waals surface area contributed by atoms with Gasteiger partial charge >= 0.3 is 0 Å². The average molecular weight is 466 g/mol. The van der Waals surface area contributed by atoms with Crippen LogP contribution >= 0.6 is 0 Å². The molecule has 1 aromatic rings. The number of nitrogens with zero attached hydrogens (tertiary/aromatic N) is 5. The van der Waals surface area contributed by atoms with Gasteiger partial charge in [-0.05, 0) is 81.0 Å². The highest BCUT2D eigenvalue weighted by Gasteiger charge is 2.45. The molecule has 1 amide bonds. The van der Waals surface area contributed by atoms with Crippen LogP contribution in [0.25, 0.3) is 0 Å². The number of piperidine rings is 2. The molecular formula is C27H39N5O2. The fourth-order valence-corrected chi connectivity index (χ4v) is 6.14. The first-order valence-electron chi connectivity index (χ1n) is 13.3. The molecule has 7 nitrogen and oxygen atoms in total. The van der Waals surface area contributed by atoms with E-state index in [1.54, 1.807) is 0 Å². The van der Waals surface area contributed by atoms with E-state index in [4.69, 9.17) is 4.74 Å². The quantitative estimate of drug-likeness (QED) is 0.617. The van der Waals surface area contributed by atoms with Crippen LogP contribution in [0.15, 0.2) is 24.5 Å². The van der Waals surface area contributed by atoms with E-state index in [9.17, 15) is 10.1 Å². The minimum Gasteiger partial charge on any atom is -0.378 e. The number of likely N-dealkylation sites (tertiary alicyclic amines) is 2. The SMILES string of the molecule is N#CC1(C(=O)N2CCC(CCN3CCOCC3C3CC3)CC2)CCN(Cc2ccncc2)CC1. The molecule has 0 spiro atoms. The van der Waals surface area contributed by atoms with Crippen LogP contribution in [0.5, 0.6) is 0 Å². The van der Waals surface area contributed by atoms with Gasteiger partial charge in [0.2, 0.25) is 5.91 Å². The summed E-state index contributed by atoms with van der Waals surface area (Å²) in [7, 11) is 0.